The lowest BCUT2D eigenvalue weighted by atomic mass is 9.82. The Kier molecular flexibility index (Phi) is 8.38. The lowest BCUT2D eigenvalue weighted by molar-refractivity contribution is 0.660. The van der Waals surface area contributed by atoms with Gasteiger partial charge in [0.15, 0.2) is 0 Å². The lowest BCUT2D eigenvalue weighted by Crippen LogP contribution is -2.15. The zero-order chi connectivity index (χ0) is 46.2. The van der Waals surface area contributed by atoms with Crippen LogP contribution in [0.5, 0.6) is 0 Å². The minimum atomic E-state index is -0.0930. The molecule has 0 fully saturated rings. The first-order valence-electron chi connectivity index (χ1n) is 24.3. The molecule has 0 saturated heterocycles. The molecule has 0 bridgehead atoms. The minimum absolute atomic E-state index is 0.0876. The third-order valence-electron chi connectivity index (χ3n) is 15.7. The summed E-state index contributed by atoms with van der Waals surface area (Å²) >= 11 is 0. The second-order valence-corrected chi connectivity index (χ2v) is 20.1. The maximum absolute atomic E-state index is 2.48. The molecule has 14 rings (SSSR count). The highest BCUT2D eigenvalue weighted by Gasteiger charge is 2.37. The fraction of sp³-hybridized carbons (Fsp3) is 0.0909. The van der Waals surface area contributed by atoms with Crippen LogP contribution in [0, 0.1) is 0 Å². The van der Waals surface area contributed by atoms with Crippen molar-refractivity contribution in [1.29, 1.82) is 0 Å². The molecule has 2 aromatic heterocycles. The van der Waals surface area contributed by atoms with Crippen LogP contribution in [0.25, 0.3) is 88.4 Å². The van der Waals surface area contributed by atoms with Gasteiger partial charge in [-0.15, -0.1) is 0 Å². The molecule has 0 atom stereocenters. The van der Waals surface area contributed by atoms with Crippen molar-refractivity contribution in [1.82, 2.24) is 9.13 Å². The van der Waals surface area contributed by atoms with E-state index in [4.69, 9.17) is 0 Å². The molecule has 0 unspecified atom stereocenters. The zero-order valence-electron chi connectivity index (χ0n) is 39.2. The molecule has 0 N–H and O–H groups in total. The highest BCUT2D eigenvalue weighted by atomic mass is 15.1. The van der Waals surface area contributed by atoms with E-state index in [0.29, 0.717) is 0 Å². The van der Waals surface area contributed by atoms with Gasteiger partial charge in [0.2, 0.25) is 0 Å². The maximum atomic E-state index is 2.48. The second-order valence-electron chi connectivity index (χ2n) is 20.1. The molecule has 69 heavy (non-hydrogen) atoms. The van der Waals surface area contributed by atoms with E-state index in [0.717, 1.165) is 22.7 Å². The van der Waals surface area contributed by atoms with E-state index < -0.39 is 0 Å². The average molecular weight is 884 g/mol. The molecule has 0 saturated carbocycles. The highest BCUT2D eigenvalue weighted by molar-refractivity contribution is 6.17. The number of para-hydroxylation sites is 3. The van der Waals surface area contributed by atoms with Crippen molar-refractivity contribution in [3.63, 3.8) is 0 Å². The number of aromatic nitrogens is 2. The van der Waals surface area contributed by atoms with Gasteiger partial charge >= 0.3 is 0 Å². The predicted octanol–water partition coefficient (Wildman–Crippen LogP) is 17.6. The first-order valence-corrected chi connectivity index (χ1v) is 24.3. The van der Waals surface area contributed by atoms with E-state index in [9.17, 15) is 0 Å². The summed E-state index contributed by atoms with van der Waals surface area (Å²) in [6.07, 6.45) is 0. The second kappa shape index (κ2) is 14.6. The van der Waals surface area contributed by atoms with Crippen LogP contribution in [0.15, 0.2) is 224 Å². The van der Waals surface area contributed by atoms with Gasteiger partial charge in [-0.1, -0.05) is 161 Å². The molecule has 0 amide bonds. The van der Waals surface area contributed by atoms with Gasteiger partial charge in [-0.3, -0.25) is 0 Å². The van der Waals surface area contributed by atoms with Crippen molar-refractivity contribution in [3.8, 4) is 44.8 Å². The Morgan fingerprint density at radius 3 is 1.55 bits per heavy atom. The van der Waals surface area contributed by atoms with Crippen LogP contribution in [0.1, 0.15) is 49.9 Å². The van der Waals surface area contributed by atoms with Crippen LogP contribution in [-0.2, 0) is 10.8 Å². The quantitative estimate of drug-likeness (QED) is 0.162. The monoisotopic (exact) mass is 883 g/mol. The van der Waals surface area contributed by atoms with E-state index in [1.807, 2.05) is 0 Å². The first-order chi connectivity index (χ1) is 33.8. The largest absolute Gasteiger partial charge is 0.310 e. The molecule has 2 aliphatic rings. The van der Waals surface area contributed by atoms with Gasteiger partial charge in [0.1, 0.15) is 0 Å². The predicted molar refractivity (Wildman–Crippen MR) is 290 cm³/mol. The summed E-state index contributed by atoms with van der Waals surface area (Å²) in [5, 5.41) is 4.97. The Labute approximate surface area is 402 Å². The number of rotatable bonds is 6. The van der Waals surface area contributed by atoms with Gasteiger partial charge in [0.25, 0.3) is 0 Å². The Morgan fingerprint density at radius 1 is 0.319 bits per heavy atom. The molecule has 0 aliphatic heterocycles. The van der Waals surface area contributed by atoms with Crippen LogP contribution in [0.4, 0.5) is 17.1 Å². The first kappa shape index (κ1) is 39.7. The Hall–Kier alpha value is -8.40. The third kappa shape index (κ3) is 5.68. The summed E-state index contributed by atoms with van der Waals surface area (Å²) in [6.45, 7) is 9.46. The highest BCUT2D eigenvalue weighted by Crippen LogP contribution is 2.53. The van der Waals surface area contributed by atoms with E-state index in [1.54, 1.807) is 0 Å². The Balaban J connectivity index is 0.957. The molecule has 10 aromatic carbocycles. The van der Waals surface area contributed by atoms with E-state index in [2.05, 4.69) is 266 Å². The van der Waals surface area contributed by atoms with Gasteiger partial charge in [-0.25, -0.2) is 0 Å². The number of fused-ring (bicyclic) bond motifs is 12. The van der Waals surface area contributed by atoms with Crippen molar-refractivity contribution in [3.05, 3.63) is 247 Å². The van der Waals surface area contributed by atoms with Crippen molar-refractivity contribution >= 4 is 60.7 Å². The smallest absolute Gasteiger partial charge is 0.0562 e. The van der Waals surface area contributed by atoms with Gasteiger partial charge in [-0.2, -0.15) is 0 Å². The molecule has 0 radical (unpaired) electrons. The fourth-order valence-electron chi connectivity index (χ4n) is 12.4. The van der Waals surface area contributed by atoms with Crippen molar-refractivity contribution in [2.75, 3.05) is 4.90 Å². The van der Waals surface area contributed by atoms with Crippen molar-refractivity contribution in [2.45, 2.75) is 38.5 Å². The third-order valence-corrected chi connectivity index (χ3v) is 15.7. The SMILES string of the molecule is CC1(C)c2ccccc2-c2cc(N(c3ccc(-c4ccc5c(c4)c4cc6c(cc4n5-c4ccccc4)C(C)(C)c4ccccc4-6)cc3)c3cccc4c3c3ccccc3n4-c3ccccc3)ccc21. The lowest BCUT2D eigenvalue weighted by Gasteiger charge is -2.28. The van der Waals surface area contributed by atoms with Crippen LogP contribution in [-0.4, -0.2) is 9.13 Å². The summed E-state index contributed by atoms with van der Waals surface area (Å²) in [6, 6.07) is 83.5. The molecular formula is C66H49N3. The number of nitrogens with zero attached hydrogens (tertiary/aromatic N) is 3. The number of benzene rings is 10. The zero-order valence-corrected chi connectivity index (χ0v) is 39.2. The summed E-state index contributed by atoms with van der Waals surface area (Å²) in [4.78, 5) is 2.48. The van der Waals surface area contributed by atoms with Gasteiger partial charge < -0.3 is 14.0 Å². The summed E-state index contributed by atoms with van der Waals surface area (Å²) in [7, 11) is 0. The minimum Gasteiger partial charge on any atom is -0.310 e. The normalized spacial score (nSPS) is 14.0. The van der Waals surface area contributed by atoms with E-state index >= 15 is 0 Å². The van der Waals surface area contributed by atoms with Gasteiger partial charge in [0.05, 0.1) is 27.8 Å². The molecule has 12 aromatic rings. The van der Waals surface area contributed by atoms with Crippen LogP contribution < -0.4 is 4.90 Å². The molecule has 0 spiro atoms. The molecule has 328 valence electrons. The van der Waals surface area contributed by atoms with Gasteiger partial charge in [-0.05, 0) is 147 Å². The summed E-state index contributed by atoms with van der Waals surface area (Å²) < 4.78 is 4.87. The molecular weight excluding hydrogens is 835 g/mol. The van der Waals surface area contributed by atoms with E-state index in [1.165, 1.54) is 105 Å². The number of anilines is 3. The molecule has 2 heterocycles. The standard InChI is InChI=1S/C66H49N3/c1-65(2)55-25-14-11-22-48(55)51-39-47(35-36-57(51)65)67(61-28-17-29-62-64(61)50-24-13-16-27-59(50)68(62)44-18-7-5-8-19-44)46-33-30-42(31-34-46)43-32-37-60-53(38-43)54-40-52-49-23-12-15-26-56(49)66(3,4)58(52)41-63(54)69(60)45-20-9-6-10-21-45/h5-41H,1-4H3. The maximum Gasteiger partial charge on any atom is 0.0562 e. The summed E-state index contributed by atoms with van der Waals surface area (Å²) in [5.41, 5.74) is 23.5. The summed E-state index contributed by atoms with van der Waals surface area (Å²) in [5.74, 6) is 0. The molecule has 2 aliphatic carbocycles. The Morgan fingerprint density at radius 2 is 0.841 bits per heavy atom. The number of hydrogen-bond donors (Lipinski definition) is 0. The van der Waals surface area contributed by atoms with Crippen LogP contribution in [0.3, 0.4) is 0 Å². The van der Waals surface area contributed by atoms with Crippen LogP contribution >= 0.6 is 0 Å². The fourth-order valence-corrected chi connectivity index (χ4v) is 12.4. The van der Waals surface area contributed by atoms with E-state index in [-0.39, 0.29) is 10.8 Å². The van der Waals surface area contributed by atoms with Gasteiger partial charge in [0, 0.05) is 55.1 Å². The topological polar surface area (TPSA) is 13.1 Å². The average Bonchev–Trinajstić information content (AvgIpc) is 4.05. The van der Waals surface area contributed by atoms with Crippen molar-refractivity contribution < 1.29 is 0 Å². The van der Waals surface area contributed by atoms with Crippen LogP contribution in [0.2, 0.25) is 0 Å². The number of hydrogen-bond acceptors (Lipinski definition) is 1. The molecule has 3 heteroatoms. The Bertz CT molecular complexity index is 4050. The molecule has 3 nitrogen and oxygen atoms in total. The van der Waals surface area contributed by atoms with Crippen molar-refractivity contribution in [2.24, 2.45) is 0 Å².